The molecule has 0 bridgehead atoms. The minimum Gasteiger partial charge on any atom is -0.496 e. The van der Waals surface area contributed by atoms with Crippen molar-refractivity contribution in [2.24, 2.45) is 5.10 Å². The summed E-state index contributed by atoms with van der Waals surface area (Å²) in [7, 11) is 1.51. The molecule has 0 unspecified atom stereocenters. The van der Waals surface area contributed by atoms with Gasteiger partial charge in [-0.25, -0.2) is 0 Å². The topological polar surface area (TPSA) is 98.6 Å². The highest BCUT2D eigenvalue weighted by Crippen LogP contribution is 2.24. The number of hydrazone groups is 1. The molecule has 2 aromatic carbocycles. The molecule has 0 saturated heterocycles. The van der Waals surface area contributed by atoms with Crippen LogP contribution in [0.3, 0.4) is 0 Å². The van der Waals surface area contributed by atoms with E-state index >= 15 is 0 Å². The van der Waals surface area contributed by atoms with Gasteiger partial charge in [-0.15, -0.1) is 5.23 Å². The first kappa shape index (κ1) is 19.4. The number of benzene rings is 2. The molecule has 4 N–H and O–H groups in total. The molecular formula is C17H20N4O4S. The molecule has 0 aromatic heterocycles. The van der Waals surface area contributed by atoms with Crippen LogP contribution in [0.15, 0.2) is 47.6 Å². The maximum absolute atomic E-state index is 9.10. The number of nitrogens with zero attached hydrogens (tertiary/aromatic N) is 2. The Morgan fingerprint density at radius 2 is 2.00 bits per heavy atom. The number of hydrogen-bond acceptors (Lipinski definition) is 7. The van der Waals surface area contributed by atoms with Gasteiger partial charge in [-0.05, 0) is 49.5 Å². The molecule has 0 radical (unpaired) electrons. The molecule has 0 aliphatic carbocycles. The van der Waals surface area contributed by atoms with Gasteiger partial charge in [-0.1, -0.05) is 12.1 Å². The molecule has 0 heterocycles. The minimum absolute atomic E-state index is 0.0149. The Labute approximate surface area is 156 Å². The SMILES string of the molecule is CCOc1ccccc1NC(=S)NN=Cc1cc(N(O)O)ccc1OC. The molecule has 8 nitrogen and oxygen atoms in total. The monoisotopic (exact) mass is 376 g/mol. The van der Waals surface area contributed by atoms with E-state index in [1.54, 1.807) is 6.07 Å². The van der Waals surface area contributed by atoms with Gasteiger partial charge in [-0.2, -0.15) is 5.10 Å². The third-order valence-corrected chi connectivity index (χ3v) is 3.44. The first-order valence-electron chi connectivity index (χ1n) is 7.73. The van der Waals surface area contributed by atoms with E-state index in [1.807, 2.05) is 31.2 Å². The maximum Gasteiger partial charge on any atom is 0.191 e. The van der Waals surface area contributed by atoms with Crippen LogP contribution in [0.5, 0.6) is 11.5 Å². The predicted molar refractivity (Wildman–Crippen MR) is 104 cm³/mol. The zero-order chi connectivity index (χ0) is 18.9. The number of thiocarbonyl (C=S) groups is 1. The molecule has 0 spiro atoms. The number of rotatable bonds is 7. The van der Waals surface area contributed by atoms with E-state index in [9.17, 15) is 0 Å². The molecular weight excluding hydrogens is 356 g/mol. The lowest BCUT2D eigenvalue weighted by Crippen LogP contribution is -2.24. The van der Waals surface area contributed by atoms with E-state index in [0.717, 1.165) is 5.69 Å². The number of nitrogens with one attached hydrogen (secondary N) is 2. The molecule has 0 aliphatic heterocycles. The summed E-state index contributed by atoms with van der Waals surface area (Å²) in [5.41, 5.74) is 4.11. The molecule has 9 heteroatoms. The van der Waals surface area contributed by atoms with Crippen molar-refractivity contribution in [2.75, 3.05) is 24.3 Å². The van der Waals surface area contributed by atoms with E-state index in [0.29, 0.717) is 23.7 Å². The fourth-order valence-electron chi connectivity index (χ4n) is 2.11. The Balaban J connectivity index is 2.04. The van der Waals surface area contributed by atoms with Gasteiger partial charge in [0.2, 0.25) is 0 Å². The Morgan fingerprint density at radius 1 is 1.23 bits per heavy atom. The van der Waals surface area contributed by atoms with Crippen LogP contribution >= 0.6 is 12.2 Å². The second-order valence-corrected chi connectivity index (χ2v) is 5.38. The third kappa shape index (κ3) is 5.31. The molecule has 0 saturated carbocycles. The number of hydrogen-bond donors (Lipinski definition) is 4. The number of methoxy groups -OCH3 is 1. The highest BCUT2D eigenvalue weighted by molar-refractivity contribution is 7.80. The van der Waals surface area contributed by atoms with Gasteiger partial charge in [0.05, 0.1) is 31.3 Å². The Kier molecular flexibility index (Phi) is 7.15. The van der Waals surface area contributed by atoms with Crippen molar-refractivity contribution in [3.63, 3.8) is 0 Å². The smallest absolute Gasteiger partial charge is 0.191 e. The van der Waals surface area contributed by atoms with Gasteiger partial charge in [-0.3, -0.25) is 15.8 Å². The second-order valence-electron chi connectivity index (χ2n) is 4.97. The molecule has 0 aliphatic rings. The molecule has 0 atom stereocenters. The van der Waals surface area contributed by atoms with E-state index < -0.39 is 0 Å². The molecule has 0 fully saturated rings. The van der Waals surface area contributed by atoms with Crippen molar-refractivity contribution >= 4 is 34.9 Å². The lowest BCUT2D eigenvalue weighted by molar-refractivity contribution is 0.0291. The van der Waals surface area contributed by atoms with Gasteiger partial charge in [0, 0.05) is 5.56 Å². The first-order valence-corrected chi connectivity index (χ1v) is 8.13. The number of ether oxygens (including phenoxy) is 2. The van der Waals surface area contributed by atoms with Crippen LogP contribution < -0.4 is 25.4 Å². The van der Waals surface area contributed by atoms with Crippen molar-refractivity contribution in [1.82, 2.24) is 5.43 Å². The summed E-state index contributed by atoms with van der Waals surface area (Å²) in [5, 5.41) is 25.5. The fourth-order valence-corrected chi connectivity index (χ4v) is 2.27. The summed E-state index contributed by atoms with van der Waals surface area (Å²) in [6.07, 6.45) is 1.45. The van der Waals surface area contributed by atoms with E-state index in [2.05, 4.69) is 15.8 Å². The maximum atomic E-state index is 9.10. The summed E-state index contributed by atoms with van der Waals surface area (Å²) in [4.78, 5) is 0. The van der Waals surface area contributed by atoms with E-state index in [4.69, 9.17) is 32.1 Å². The first-order chi connectivity index (χ1) is 12.5. The van der Waals surface area contributed by atoms with Crippen LogP contribution in [0.2, 0.25) is 0 Å². The Hall–Kier alpha value is -2.88. The van der Waals surface area contributed by atoms with Crippen molar-refractivity contribution in [1.29, 1.82) is 0 Å². The standard InChI is InChI=1S/C17H20N4O4S/c1-3-25-16-7-5-4-6-14(16)19-17(26)20-18-11-12-10-13(21(22)23)8-9-15(12)24-2/h4-11,22-23H,3H2,1-2H3,(H2,19,20,26). The Bertz CT molecular complexity index is 783. The van der Waals surface area contributed by atoms with E-state index in [-0.39, 0.29) is 16.0 Å². The Morgan fingerprint density at radius 3 is 2.69 bits per heavy atom. The van der Waals surface area contributed by atoms with Crippen LogP contribution in [-0.4, -0.2) is 35.5 Å². The van der Waals surface area contributed by atoms with Crippen LogP contribution in [0.1, 0.15) is 12.5 Å². The quantitative estimate of drug-likeness (QED) is 0.333. The summed E-state index contributed by atoms with van der Waals surface area (Å²) in [6.45, 7) is 2.44. The molecule has 2 aromatic rings. The van der Waals surface area contributed by atoms with Gasteiger partial charge < -0.3 is 14.8 Å². The summed E-state index contributed by atoms with van der Waals surface area (Å²) in [5.74, 6) is 1.20. The predicted octanol–water partition coefficient (Wildman–Crippen LogP) is 3.00. The van der Waals surface area contributed by atoms with Gasteiger partial charge in [0.1, 0.15) is 11.5 Å². The average molecular weight is 376 g/mol. The zero-order valence-corrected chi connectivity index (χ0v) is 15.2. The van der Waals surface area contributed by atoms with Crippen LogP contribution in [0.25, 0.3) is 0 Å². The number of anilines is 2. The lowest BCUT2D eigenvalue weighted by Gasteiger charge is -2.12. The highest BCUT2D eigenvalue weighted by atomic mass is 32.1. The van der Waals surface area contributed by atoms with Crippen molar-refractivity contribution in [3.05, 3.63) is 48.0 Å². The summed E-state index contributed by atoms with van der Waals surface area (Å²) < 4.78 is 10.7. The molecule has 0 amide bonds. The lowest BCUT2D eigenvalue weighted by atomic mass is 10.2. The summed E-state index contributed by atoms with van der Waals surface area (Å²) >= 11 is 5.21. The van der Waals surface area contributed by atoms with Crippen LogP contribution in [-0.2, 0) is 0 Å². The van der Waals surface area contributed by atoms with Crippen molar-refractivity contribution < 1.29 is 19.9 Å². The third-order valence-electron chi connectivity index (χ3n) is 3.25. The molecule has 138 valence electrons. The normalized spacial score (nSPS) is 10.5. The minimum atomic E-state index is 0.0149. The highest BCUT2D eigenvalue weighted by Gasteiger charge is 2.06. The number of para-hydroxylation sites is 2. The van der Waals surface area contributed by atoms with Gasteiger partial charge >= 0.3 is 0 Å². The fraction of sp³-hybridized carbons (Fsp3) is 0.176. The molecule has 26 heavy (non-hydrogen) atoms. The largest absolute Gasteiger partial charge is 0.496 e. The zero-order valence-electron chi connectivity index (χ0n) is 14.3. The van der Waals surface area contributed by atoms with Crippen LogP contribution in [0, 0.1) is 0 Å². The van der Waals surface area contributed by atoms with Crippen LogP contribution in [0.4, 0.5) is 11.4 Å². The van der Waals surface area contributed by atoms with Crippen molar-refractivity contribution in [2.45, 2.75) is 6.92 Å². The van der Waals surface area contributed by atoms with Gasteiger partial charge in [0.15, 0.2) is 5.11 Å². The van der Waals surface area contributed by atoms with Gasteiger partial charge in [0.25, 0.3) is 0 Å². The second kappa shape index (κ2) is 9.56. The summed E-state index contributed by atoms with van der Waals surface area (Å²) in [6, 6.07) is 12.0. The average Bonchev–Trinajstić information content (AvgIpc) is 2.63. The van der Waals surface area contributed by atoms with Crippen molar-refractivity contribution in [3.8, 4) is 11.5 Å². The van der Waals surface area contributed by atoms with E-state index in [1.165, 1.54) is 25.5 Å². The molecule has 2 rings (SSSR count).